The van der Waals surface area contributed by atoms with Crippen LogP contribution in [0, 0.1) is 0 Å². The van der Waals surface area contributed by atoms with Crippen molar-refractivity contribution in [1.29, 1.82) is 0 Å². The maximum Gasteiger partial charge on any atom is 0.337 e. The first kappa shape index (κ1) is 20.1. The number of benzene rings is 2. The SMILES string of the molecule is COc1cc(C2C3=C(COC3=O)N(C3CCCC3)c3cc4c(cc32)OCO4)cc(OC)c1O. The van der Waals surface area contributed by atoms with Gasteiger partial charge in [0, 0.05) is 23.7 Å². The van der Waals surface area contributed by atoms with Crippen molar-refractivity contribution in [1.82, 2.24) is 0 Å². The van der Waals surface area contributed by atoms with Crippen molar-refractivity contribution < 1.29 is 33.6 Å². The van der Waals surface area contributed by atoms with E-state index in [-0.39, 0.29) is 36.6 Å². The van der Waals surface area contributed by atoms with Crippen molar-refractivity contribution >= 4 is 11.7 Å². The summed E-state index contributed by atoms with van der Waals surface area (Å²) in [5.74, 6) is 1.06. The molecule has 1 fully saturated rings. The molecule has 0 aromatic heterocycles. The summed E-state index contributed by atoms with van der Waals surface area (Å²) in [6.45, 7) is 0.407. The van der Waals surface area contributed by atoms with Crippen LogP contribution in [0.15, 0.2) is 35.5 Å². The number of phenols is 1. The van der Waals surface area contributed by atoms with Gasteiger partial charge in [-0.25, -0.2) is 4.79 Å². The molecule has 0 bridgehead atoms. The van der Waals surface area contributed by atoms with Gasteiger partial charge in [0.2, 0.25) is 12.5 Å². The first-order chi connectivity index (χ1) is 16.1. The maximum atomic E-state index is 13.1. The highest BCUT2D eigenvalue weighted by atomic mass is 16.7. The summed E-state index contributed by atoms with van der Waals surface area (Å²) in [6.07, 6.45) is 4.44. The topological polar surface area (TPSA) is 86.7 Å². The Morgan fingerprint density at radius 2 is 1.64 bits per heavy atom. The van der Waals surface area contributed by atoms with Crippen LogP contribution < -0.4 is 23.8 Å². The number of carbonyl (C=O) groups excluding carboxylic acids is 1. The number of cyclic esters (lactones) is 1. The molecule has 1 aliphatic carbocycles. The van der Waals surface area contributed by atoms with Crippen molar-refractivity contribution in [2.75, 3.05) is 32.5 Å². The van der Waals surface area contributed by atoms with Gasteiger partial charge in [0.15, 0.2) is 23.0 Å². The molecule has 172 valence electrons. The monoisotopic (exact) mass is 451 g/mol. The van der Waals surface area contributed by atoms with Gasteiger partial charge in [-0.05, 0) is 42.2 Å². The minimum absolute atomic E-state index is 0.0822. The smallest absolute Gasteiger partial charge is 0.337 e. The zero-order chi connectivity index (χ0) is 22.7. The molecule has 0 saturated heterocycles. The fourth-order valence-corrected chi connectivity index (χ4v) is 5.58. The normalized spacial score (nSPS) is 21.2. The van der Waals surface area contributed by atoms with Crippen LogP contribution >= 0.6 is 0 Å². The Hall–Kier alpha value is -3.55. The van der Waals surface area contributed by atoms with Crippen molar-refractivity contribution in [2.45, 2.75) is 37.6 Å². The van der Waals surface area contributed by atoms with E-state index < -0.39 is 5.92 Å². The fourth-order valence-electron chi connectivity index (χ4n) is 5.58. The molecule has 1 atom stereocenters. The Morgan fingerprint density at radius 3 is 2.30 bits per heavy atom. The number of aromatic hydroxyl groups is 1. The van der Waals surface area contributed by atoms with E-state index >= 15 is 0 Å². The highest BCUT2D eigenvalue weighted by Crippen LogP contribution is 2.54. The molecule has 2 aromatic rings. The molecule has 8 heteroatoms. The zero-order valence-corrected chi connectivity index (χ0v) is 18.6. The summed E-state index contributed by atoms with van der Waals surface area (Å²) >= 11 is 0. The Kier molecular flexibility index (Phi) is 4.57. The number of anilines is 1. The lowest BCUT2D eigenvalue weighted by Crippen LogP contribution is -2.38. The third kappa shape index (κ3) is 2.93. The lowest BCUT2D eigenvalue weighted by atomic mass is 9.79. The van der Waals surface area contributed by atoms with Gasteiger partial charge in [-0.15, -0.1) is 0 Å². The largest absolute Gasteiger partial charge is 0.502 e. The van der Waals surface area contributed by atoms with Crippen molar-refractivity contribution in [3.8, 4) is 28.7 Å². The molecule has 8 nitrogen and oxygen atoms in total. The zero-order valence-electron chi connectivity index (χ0n) is 18.6. The van der Waals surface area contributed by atoms with Gasteiger partial charge >= 0.3 is 5.97 Å². The Balaban J connectivity index is 1.61. The molecule has 6 rings (SSSR count). The third-order valence-electron chi connectivity index (χ3n) is 7.07. The van der Waals surface area contributed by atoms with Gasteiger partial charge in [-0.3, -0.25) is 0 Å². The van der Waals surface area contributed by atoms with Crippen LogP contribution in [-0.2, 0) is 9.53 Å². The Bertz CT molecular complexity index is 1160. The molecule has 3 aliphatic heterocycles. The molecule has 0 radical (unpaired) electrons. The van der Waals surface area contributed by atoms with Crippen molar-refractivity contribution in [2.24, 2.45) is 0 Å². The van der Waals surface area contributed by atoms with Gasteiger partial charge in [0.05, 0.1) is 25.5 Å². The van der Waals surface area contributed by atoms with Gasteiger partial charge < -0.3 is 33.7 Å². The van der Waals surface area contributed by atoms with Crippen LogP contribution in [0.25, 0.3) is 0 Å². The van der Waals surface area contributed by atoms with E-state index in [1.54, 1.807) is 12.1 Å². The molecule has 0 amide bonds. The quantitative estimate of drug-likeness (QED) is 0.702. The summed E-state index contributed by atoms with van der Waals surface area (Å²) < 4.78 is 27.8. The van der Waals surface area contributed by atoms with Crippen LogP contribution in [0.5, 0.6) is 28.7 Å². The van der Waals surface area contributed by atoms with Crippen LogP contribution in [0.3, 0.4) is 0 Å². The number of carbonyl (C=O) groups is 1. The average Bonchev–Trinajstić information content (AvgIpc) is 3.58. The minimum Gasteiger partial charge on any atom is -0.502 e. The maximum absolute atomic E-state index is 13.1. The summed E-state index contributed by atoms with van der Waals surface area (Å²) in [7, 11) is 2.98. The predicted molar refractivity (Wildman–Crippen MR) is 118 cm³/mol. The fraction of sp³-hybridized carbons (Fsp3) is 0.400. The first-order valence-electron chi connectivity index (χ1n) is 11.2. The number of hydrogen-bond donors (Lipinski definition) is 1. The number of fused-ring (bicyclic) bond motifs is 2. The van der Waals surface area contributed by atoms with E-state index in [1.807, 2.05) is 12.1 Å². The Morgan fingerprint density at radius 1 is 0.970 bits per heavy atom. The molecule has 0 spiro atoms. The predicted octanol–water partition coefficient (Wildman–Crippen LogP) is 3.84. The van der Waals surface area contributed by atoms with E-state index in [1.165, 1.54) is 14.2 Å². The highest BCUT2D eigenvalue weighted by Gasteiger charge is 2.45. The molecular formula is C25H25NO7. The van der Waals surface area contributed by atoms with Crippen LogP contribution in [0.2, 0.25) is 0 Å². The van der Waals surface area contributed by atoms with Crippen molar-refractivity contribution in [3.63, 3.8) is 0 Å². The number of rotatable bonds is 4. The number of nitrogens with zero attached hydrogens (tertiary/aromatic N) is 1. The average molecular weight is 451 g/mol. The van der Waals surface area contributed by atoms with Gasteiger partial charge in [-0.2, -0.15) is 0 Å². The lowest BCUT2D eigenvalue weighted by molar-refractivity contribution is -0.136. The van der Waals surface area contributed by atoms with Crippen molar-refractivity contribution in [3.05, 3.63) is 46.7 Å². The number of methoxy groups -OCH3 is 2. The molecule has 4 aliphatic rings. The molecule has 2 aromatic carbocycles. The highest BCUT2D eigenvalue weighted by molar-refractivity contribution is 5.98. The Labute approximate surface area is 191 Å². The number of hydrogen-bond acceptors (Lipinski definition) is 8. The lowest BCUT2D eigenvalue weighted by Gasteiger charge is -2.39. The molecule has 1 N–H and O–H groups in total. The van der Waals surface area contributed by atoms with E-state index in [0.29, 0.717) is 23.1 Å². The third-order valence-corrected chi connectivity index (χ3v) is 7.07. The first-order valence-corrected chi connectivity index (χ1v) is 11.2. The number of ether oxygens (including phenoxy) is 5. The molecule has 3 heterocycles. The van der Waals surface area contributed by atoms with E-state index in [0.717, 1.165) is 48.2 Å². The number of esters is 1. The number of phenolic OH excluding ortho intramolecular Hbond substituents is 1. The summed E-state index contributed by atoms with van der Waals surface area (Å²) in [5, 5.41) is 10.5. The molecular weight excluding hydrogens is 426 g/mol. The van der Waals surface area contributed by atoms with Gasteiger partial charge in [0.1, 0.15) is 6.61 Å². The second-order valence-electron chi connectivity index (χ2n) is 8.72. The second-order valence-corrected chi connectivity index (χ2v) is 8.72. The van der Waals surface area contributed by atoms with E-state index in [9.17, 15) is 9.90 Å². The van der Waals surface area contributed by atoms with Gasteiger partial charge in [-0.1, -0.05) is 12.8 Å². The van der Waals surface area contributed by atoms with E-state index in [2.05, 4.69) is 4.90 Å². The minimum atomic E-state index is -0.430. The van der Waals surface area contributed by atoms with E-state index in [4.69, 9.17) is 23.7 Å². The van der Waals surface area contributed by atoms with Gasteiger partial charge in [0.25, 0.3) is 0 Å². The summed E-state index contributed by atoms with van der Waals surface area (Å²) in [6, 6.07) is 7.78. The molecule has 1 unspecified atom stereocenters. The summed E-state index contributed by atoms with van der Waals surface area (Å²) in [4.78, 5) is 15.4. The molecule has 1 saturated carbocycles. The summed E-state index contributed by atoms with van der Waals surface area (Å²) in [5.41, 5.74) is 4.20. The van der Waals surface area contributed by atoms with Crippen LogP contribution in [0.4, 0.5) is 5.69 Å². The molecule has 33 heavy (non-hydrogen) atoms. The second kappa shape index (κ2) is 7.50. The van der Waals surface area contributed by atoms with Crippen LogP contribution in [-0.4, -0.2) is 44.7 Å². The standard InChI is InChI=1S/C25H25NO7/c1-29-20-7-13(8-21(30-2)24(20)27)22-15-9-18-19(33-12-32-18)10-16(15)26(14-5-3-4-6-14)17-11-31-25(28)23(17)22/h7-10,14,22,27H,3-6,11-12H2,1-2H3. The van der Waals surface area contributed by atoms with Crippen LogP contribution in [0.1, 0.15) is 42.7 Å².